The van der Waals surface area contributed by atoms with Gasteiger partial charge in [-0.3, -0.25) is 9.88 Å². The minimum Gasteiger partial charge on any atom is -0.495 e. The molecule has 11 heteroatoms. The predicted molar refractivity (Wildman–Crippen MR) is 101 cm³/mol. The van der Waals surface area contributed by atoms with Crippen LogP contribution in [0.25, 0.3) is 0 Å². The van der Waals surface area contributed by atoms with Crippen LogP contribution in [0.1, 0.15) is 17.1 Å². The van der Waals surface area contributed by atoms with Crippen LogP contribution in [0.3, 0.4) is 0 Å². The summed E-state index contributed by atoms with van der Waals surface area (Å²) in [6.45, 7) is 4.14. The summed E-state index contributed by atoms with van der Waals surface area (Å²) >= 11 is 0. The zero-order chi connectivity index (χ0) is 21.7. The van der Waals surface area contributed by atoms with Crippen molar-refractivity contribution >= 4 is 10.0 Å². The first-order valence-corrected chi connectivity index (χ1v) is 10.7. The molecule has 162 valence electrons. The van der Waals surface area contributed by atoms with Gasteiger partial charge in [-0.25, -0.2) is 13.4 Å². The first kappa shape index (κ1) is 21.0. The molecule has 0 N–H and O–H groups in total. The fourth-order valence-electron chi connectivity index (χ4n) is 4.06. The molecule has 0 unspecified atom stereocenters. The first-order valence-electron chi connectivity index (χ1n) is 9.29. The van der Waals surface area contributed by atoms with Crippen LogP contribution in [-0.4, -0.2) is 60.9 Å². The quantitative estimate of drug-likeness (QED) is 0.708. The Kier molecular flexibility index (Phi) is 5.02. The molecule has 2 aliphatic heterocycles. The lowest BCUT2D eigenvalue weighted by Gasteiger charge is -2.59. The molecule has 1 spiro atoms. The molecule has 0 saturated carbocycles. The zero-order valence-electron chi connectivity index (χ0n) is 16.5. The fourth-order valence-corrected chi connectivity index (χ4v) is 5.88. The maximum absolute atomic E-state index is 12.8. The van der Waals surface area contributed by atoms with Gasteiger partial charge in [-0.2, -0.15) is 17.5 Å². The maximum atomic E-state index is 12.8. The number of rotatable bonds is 5. The third kappa shape index (κ3) is 3.77. The van der Waals surface area contributed by atoms with Crippen LogP contribution in [0.4, 0.5) is 13.2 Å². The van der Waals surface area contributed by atoms with Crippen molar-refractivity contribution in [2.24, 2.45) is 5.41 Å². The van der Waals surface area contributed by atoms with Gasteiger partial charge >= 0.3 is 6.18 Å². The highest BCUT2D eigenvalue weighted by molar-refractivity contribution is 7.89. The van der Waals surface area contributed by atoms with Crippen molar-refractivity contribution < 1.29 is 26.3 Å². The predicted octanol–water partition coefficient (Wildman–Crippen LogP) is 2.32. The molecule has 0 amide bonds. The van der Waals surface area contributed by atoms with E-state index in [1.54, 1.807) is 13.3 Å². The zero-order valence-corrected chi connectivity index (χ0v) is 17.3. The second-order valence-electron chi connectivity index (χ2n) is 7.89. The van der Waals surface area contributed by atoms with Gasteiger partial charge in [0.1, 0.15) is 16.3 Å². The standard InChI is InChI=1S/C19H21F3N4O3S/c1-13-16(5-6-17(24-13)19(20,21)22)30(27,28)26-11-18(12-26)9-25(10-18)8-14-3-4-15(29-2)7-23-14/h3-7H,8-12H2,1-2H3. The van der Waals surface area contributed by atoms with E-state index < -0.39 is 21.9 Å². The van der Waals surface area contributed by atoms with Crippen molar-refractivity contribution in [2.75, 3.05) is 33.3 Å². The number of aryl methyl sites for hydroxylation is 1. The Morgan fingerprint density at radius 1 is 1.13 bits per heavy atom. The van der Waals surface area contributed by atoms with Crippen molar-refractivity contribution in [1.29, 1.82) is 0 Å². The fraction of sp³-hybridized carbons (Fsp3) is 0.474. The molecule has 0 radical (unpaired) electrons. The number of halogens is 3. The number of nitrogens with zero attached hydrogens (tertiary/aromatic N) is 4. The number of aromatic nitrogens is 2. The van der Waals surface area contributed by atoms with E-state index >= 15 is 0 Å². The molecule has 4 rings (SSSR count). The van der Waals surface area contributed by atoms with Crippen molar-refractivity contribution in [2.45, 2.75) is 24.5 Å². The summed E-state index contributed by atoms with van der Waals surface area (Å²) < 4.78 is 70.4. The number of methoxy groups -OCH3 is 1. The Morgan fingerprint density at radius 2 is 1.83 bits per heavy atom. The molecule has 2 aromatic rings. The normalized spacial score (nSPS) is 19.4. The van der Waals surface area contributed by atoms with Crippen LogP contribution >= 0.6 is 0 Å². The van der Waals surface area contributed by atoms with Crippen LogP contribution in [0, 0.1) is 12.3 Å². The minimum absolute atomic E-state index is 0.104. The second-order valence-corrected chi connectivity index (χ2v) is 9.79. The minimum atomic E-state index is -4.61. The number of hydrogen-bond acceptors (Lipinski definition) is 6. The monoisotopic (exact) mass is 442 g/mol. The highest BCUT2D eigenvalue weighted by Crippen LogP contribution is 2.43. The summed E-state index contributed by atoms with van der Waals surface area (Å²) in [5, 5.41) is 0. The van der Waals surface area contributed by atoms with Gasteiger partial charge in [0.2, 0.25) is 10.0 Å². The molecule has 0 bridgehead atoms. The first-order chi connectivity index (χ1) is 14.0. The molecule has 7 nitrogen and oxygen atoms in total. The Bertz CT molecular complexity index is 1040. The van der Waals surface area contributed by atoms with Crippen LogP contribution < -0.4 is 4.74 Å². The van der Waals surface area contributed by atoms with E-state index in [0.717, 1.165) is 24.8 Å². The van der Waals surface area contributed by atoms with Crippen molar-refractivity contribution in [3.05, 3.63) is 47.5 Å². The Labute approximate surface area is 172 Å². The summed E-state index contributed by atoms with van der Waals surface area (Å²) in [7, 11) is -2.29. The van der Waals surface area contributed by atoms with Crippen LogP contribution in [-0.2, 0) is 22.7 Å². The van der Waals surface area contributed by atoms with Gasteiger partial charge in [-0.1, -0.05) is 0 Å². The Hall–Kier alpha value is -2.24. The topological polar surface area (TPSA) is 75.6 Å². The van der Waals surface area contributed by atoms with E-state index in [1.807, 2.05) is 12.1 Å². The lowest BCUT2D eigenvalue weighted by molar-refractivity contribution is -0.141. The summed E-state index contributed by atoms with van der Waals surface area (Å²) in [6.07, 6.45) is -2.95. The van der Waals surface area contributed by atoms with Crippen molar-refractivity contribution in [1.82, 2.24) is 19.2 Å². The molecule has 30 heavy (non-hydrogen) atoms. The van der Waals surface area contributed by atoms with E-state index in [-0.39, 0.29) is 16.0 Å². The molecule has 0 aliphatic carbocycles. The van der Waals surface area contributed by atoms with Gasteiger partial charge in [-0.05, 0) is 31.2 Å². The highest BCUT2D eigenvalue weighted by atomic mass is 32.2. The Morgan fingerprint density at radius 3 is 2.37 bits per heavy atom. The SMILES string of the molecule is COc1ccc(CN2CC3(C2)CN(S(=O)(=O)c2ccc(C(F)(F)F)nc2C)C3)nc1. The van der Waals surface area contributed by atoms with Crippen LogP contribution in [0.5, 0.6) is 5.75 Å². The number of pyridine rings is 2. The molecular weight excluding hydrogens is 421 g/mol. The molecule has 2 saturated heterocycles. The van der Waals surface area contributed by atoms with E-state index in [0.29, 0.717) is 31.5 Å². The van der Waals surface area contributed by atoms with E-state index in [2.05, 4.69) is 14.9 Å². The van der Waals surface area contributed by atoms with Gasteiger partial charge in [-0.15, -0.1) is 0 Å². The van der Waals surface area contributed by atoms with Crippen molar-refractivity contribution in [3.63, 3.8) is 0 Å². The second kappa shape index (κ2) is 7.17. The molecule has 2 fully saturated rings. The number of ether oxygens (including phenoxy) is 1. The van der Waals surface area contributed by atoms with E-state index in [1.165, 1.54) is 11.2 Å². The molecule has 0 atom stereocenters. The summed E-state index contributed by atoms with van der Waals surface area (Å²) in [4.78, 5) is 9.78. The summed E-state index contributed by atoms with van der Waals surface area (Å²) in [5.74, 6) is 0.687. The van der Waals surface area contributed by atoms with Gasteiger partial charge in [0.25, 0.3) is 0 Å². The largest absolute Gasteiger partial charge is 0.495 e. The average molecular weight is 442 g/mol. The smallest absolute Gasteiger partial charge is 0.433 e. The lowest BCUT2D eigenvalue weighted by atomic mass is 9.74. The van der Waals surface area contributed by atoms with E-state index in [4.69, 9.17) is 4.74 Å². The number of sulfonamides is 1. The number of alkyl halides is 3. The third-order valence-corrected chi connectivity index (χ3v) is 7.43. The molecule has 0 aromatic carbocycles. The van der Waals surface area contributed by atoms with Gasteiger partial charge in [0, 0.05) is 38.1 Å². The maximum Gasteiger partial charge on any atom is 0.433 e. The highest BCUT2D eigenvalue weighted by Gasteiger charge is 2.55. The molecule has 2 aromatic heterocycles. The van der Waals surface area contributed by atoms with Crippen molar-refractivity contribution in [3.8, 4) is 5.75 Å². The van der Waals surface area contributed by atoms with Crippen LogP contribution in [0.15, 0.2) is 35.4 Å². The van der Waals surface area contributed by atoms with Crippen LogP contribution in [0.2, 0.25) is 0 Å². The molecule has 4 heterocycles. The van der Waals surface area contributed by atoms with E-state index in [9.17, 15) is 21.6 Å². The number of likely N-dealkylation sites (tertiary alicyclic amines) is 1. The van der Waals surface area contributed by atoms with Gasteiger partial charge < -0.3 is 4.74 Å². The molecular formula is C19H21F3N4O3S. The lowest BCUT2D eigenvalue weighted by Crippen LogP contribution is -2.72. The molecule has 2 aliphatic rings. The van der Waals surface area contributed by atoms with Gasteiger partial charge in [0.15, 0.2) is 0 Å². The van der Waals surface area contributed by atoms with Gasteiger partial charge in [0.05, 0.1) is 24.7 Å². The summed E-state index contributed by atoms with van der Waals surface area (Å²) in [6, 6.07) is 5.44. The Balaban J connectivity index is 1.36. The number of hydrogen-bond donors (Lipinski definition) is 0. The summed E-state index contributed by atoms with van der Waals surface area (Å²) in [5.41, 5.74) is -0.444. The average Bonchev–Trinajstić information content (AvgIpc) is 2.61. The third-order valence-electron chi connectivity index (χ3n) is 5.51.